The number of anilines is 1. The standard InChI is InChI=1S/C8H11N5O3/c1-13(5-2-6(14)15)8(16)11-7-9-3-4-10-12-7/h3-4H,2,5H2,1H3,(H,14,15)(H,9,11,12,16). The lowest BCUT2D eigenvalue weighted by Crippen LogP contribution is -2.33. The number of hydrogen-bond acceptors (Lipinski definition) is 5. The number of hydrogen-bond donors (Lipinski definition) is 2. The van der Waals surface area contributed by atoms with E-state index in [9.17, 15) is 9.59 Å². The SMILES string of the molecule is CN(CCC(=O)O)C(=O)Nc1nccnn1. The number of amides is 2. The highest BCUT2D eigenvalue weighted by molar-refractivity contribution is 5.87. The van der Waals surface area contributed by atoms with Crippen LogP contribution in [0.25, 0.3) is 0 Å². The minimum absolute atomic E-state index is 0.0784. The van der Waals surface area contributed by atoms with Gasteiger partial charge in [0.15, 0.2) is 0 Å². The first kappa shape index (κ1) is 11.8. The van der Waals surface area contributed by atoms with E-state index in [1.165, 1.54) is 24.3 Å². The Hall–Kier alpha value is -2.25. The Morgan fingerprint density at radius 3 is 2.81 bits per heavy atom. The summed E-state index contributed by atoms with van der Waals surface area (Å²) >= 11 is 0. The molecule has 0 spiro atoms. The molecule has 1 heterocycles. The van der Waals surface area contributed by atoms with E-state index >= 15 is 0 Å². The van der Waals surface area contributed by atoms with E-state index in [4.69, 9.17) is 5.11 Å². The second kappa shape index (κ2) is 5.59. The van der Waals surface area contributed by atoms with Crippen LogP contribution in [-0.2, 0) is 4.79 Å². The van der Waals surface area contributed by atoms with Gasteiger partial charge in [-0.2, -0.15) is 5.10 Å². The van der Waals surface area contributed by atoms with Crippen LogP contribution in [0.3, 0.4) is 0 Å². The van der Waals surface area contributed by atoms with Crippen LogP contribution in [0.1, 0.15) is 6.42 Å². The Bertz CT molecular complexity index is 369. The zero-order valence-electron chi connectivity index (χ0n) is 8.62. The number of nitrogens with zero attached hydrogens (tertiary/aromatic N) is 4. The smallest absolute Gasteiger partial charge is 0.324 e. The fourth-order valence-corrected chi connectivity index (χ4v) is 0.861. The average molecular weight is 225 g/mol. The number of rotatable bonds is 4. The summed E-state index contributed by atoms with van der Waals surface area (Å²) in [6.45, 7) is 0.113. The molecule has 0 bridgehead atoms. The number of nitrogens with one attached hydrogen (secondary N) is 1. The predicted octanol–water partition coefficient (Wildman–Crippen LogP) is -0.190. The number of aromatic nitrogens is 3. The topological polar surface area (TPSA) is 108 Å². The fraction of sp³-hybridized carbons (Fsp3) is 0.375. The second-order valence-electron chi connectivity index (χ2n) is 2.96. The molecule has 0 aliphatic heterocycles. The van der Waals surface area contributed by atoms with Crippen LogP contribution in [0.15, 0.2) is 12.4 Å². The van der Waals surface area contributed by atoms with Crippen molar-refractivity contribution < 1.29 is 14.7 Å². The molecule has 0 aromatic carbocycles. The quantitative estimate of drug-likeness (QED) is 0.735. The van der Waals surface area contributed by atoms with Crippen molar-refractivity contribution in [1.82, 2.24) is 20.1 Å². The van der Waals surface area contributed by atoms with E-state index in [-0.39, 0.29) is 18.9 Å². The summed E-state index contributed by atoms with van der Waals surface area (Å²) in [5.41, 5.74) is 0. The van der Waals surface area contributed by atoms with Crippen molar-refractivity contribution in [3.8, 4) is 0 Å². The van der Waals surface area contributed by atoms with Crippen LogP contribution in [0.4, 0.5) is 10.7 Å². The third-order valence-electron chi connectivity index (χ3n) is 1.71. The van der Waals surface area contributed by atoms with Crippen LogP contribution in [0.5, 0.6) is 0 Å². The van der Waals surface area contributed by atoms with Gasteiger partial charge in [0, 0.05) is 13.6 Å². The third kappa shape index (κ3) is 3.86. The van der Waals surface area contributed by atoms with E-state index in [1.54, 1.807) is 0 Å². The molecule has 2 N–H and O–H groups in total. The van der Waals surface area contributed by atoms with Gasteiger partial charge in [-0.3, -0.25) is 10.1 Å². The number of carbonyl (C=O) groups excluding carboxylic acids is 1. The average Bonchev–Trinajstić information content (AvgIpc) is 2.27. The van der Waals surface area contributed by atoms with Gasteiger partial charge in [-0.05, 0) is 0 Å². The Balaban J connectivity index is 2.43. The molecule has 8 nitrogen and oxygen atoms in total. The molecular formula is C8H11N5O3. The molecule has 1 rings (SSSR count). The van der Waals surface area contributed by atoms with Crippen LogP contribution in [0, 0.1) is 0 Å². The third-order valence-corrected chi connectivity index (χ3v) is 1.71. The Kier molecular flexibility index (Phi) is 4.13. The molecule has 0 saturated carbocycles. The number of carboxylic acids is 1. The lowest BCUT2D eigenvalue weighted by atomic mass is 10.4. The minimum Gasteiger partial charge on any atom is -0.481 e. The number of carbonyl (C=O) groups is 2. The van der Waals surface area contributed by atoms with Crippen molar-refractivity contribution >= 4 is 17.9 Å². The summed E-state index contributed by atoms with van der Waals surface area (Å²) in [5.74, 6) is -0.882. The van der Waals surface area contributed by atoms with E-state index < -0.39 is 12.0 Å². The molecule has 0 saturated heterocycles. The maximum absolute atomic E-state index is 11.4. The molecule has 16 heavy (non-hydrogen) atoms. The highest BCUT2D eigenvalue weighted by Gasteiger charge is 2.11. The summed E-state index contributed by atoms with van der Waals surface area (Å²) < 4.78 is 0. The first-order valence-corrected chi connectivity index (χ1v) is 4.47. The monoisotopic (exact) mass is 225 g/mol. The molecule has 0 atom stereocenters. The molecule has 0 radical (unpaired) electrons. The van der Waals surface area contributed by atoms with Crippen molar-refractivity contribution in [1.29, 1.82) is 0 Å². The zero-order chi connectivity index (χ0) is 12.0. The molecule has 1 aromatic rings. The molecule has 86 valence electrons. The van der Waals surface area contributed by atoms with Gasteiger partial charge in [0.25, 0.3) is 5.95 Å². The minimum atomic E-state index is -0.961. The normalized spacial score (nSPS) is 9.56. The van der Waals surface area contributed by atoms with Gasteiger partial charge in [-0.25, -0.2) is 9.78 Å². The van der Waals surface area contributed by atoms with Crippen molar-refractivity contribution in [3.05, 3.63) is 12.4 Å². The number of urea groups is 1. The number of aliphatic carboxylic acids is 1. The molecule has 1 aromatic heterocycles. The van der Waals surface area contributed by atoms with Gasteiger partial charge in [-0.15, -0.1) is 5.10 Å². The van der Waals surface area contributed by atoms with E-state index in [0.29, 0.717) is 0 Å². The fourth-order valence-electron chi connectivity index (χ4n) is 0.861. The molecule has 8 heteroatoms. The summed E-state index contributed by atoms with van der Waals surface area (Å²) in [6, 6.07) is -0.478. The lowest BCUT2D eigenvalue weighted by molar-refractivity contribution is -0.137. The zero-order valence-corrected chi connectivity index (χ0v) is 8.62. The van der Waals surface area contributed by atoms with E-state index in [2.05, 4.69) is 20.5 Å². The summed E-state index contributed by atoms with van der Waals surface area (Å²) in [7, 11) is 1.48. The van der Waals surface area contributed by atoms with Gasteiger partial charge in [0.05, 0.1) is 18.8 Å². The summed E-state index contributed by atoms with van der Waals surface area (Å²) in [4.78, 5) is 26.7. The number of carboxylic acid groups (broad SMARTS) is 1. The van der Waals surface area contributed by atoms with Crippen molar-refractivity contribution in [2.45, 2.75) is 6.42 Å². The Labute approximate surface area is 91.3 Å². The highest BCUT2D eigenvalue weighted by Crippen LogP contribution is 1.96. The second-order valence-corrected chi connectivity index (χ2v) is 2.96. The van der Waals surface area contributed by atoms with Crippen molar-refractivity contribution in [2.24, 2.45) is 0 Å². The van der Waals surface area contributed by atoms with Crippen molar-refractivity contribution in [2.75, 3.05) is 18.9 Å². The van der Waals surface area contributed by atoms with Gasteiger partial charge < -0.3 is 10.0 Å². The molecular weight excluding hydrogens is 214 g/mol. The van der Waals surface area contributed by atoms with Crippen LogP contribution in [0.2, 0.25) is 0 Å². The predicted molar refractivity (Wildman–Crippen MR) is 53.7 cm³/mol. The molecule has 0 unspecified atom stereocenters. The van der Waals surface area contributed by atoms with Crippen LogP contribution < -0.4 is 5.32 Å². The molecule has 0 aliphatic carbocycles. The first-order chi connectivity index (χ1) is 7.59. The summed E-state index contributed by atoms with van der Waals surface area (Å²) in [6.07, 6.45) is 2.65. The van der Waals surface area contributed by atoms with Crippen LogP contribution >= 0.6 is 0 Å². The highest BCUT2D eigenvalue weighted by atomic mass is 16.4. The van der Waals surface area contributed by atoms with Gasteiger partial charge in [0.2, 0.25) is 0 Å². The van der Waals surface area contributed by atoms with Gasteiger partial charge >= 0.3 is 12.0 Å². The van der Waals surface area contributed by atoms with E-state index in [1.807, 2.05) is 0 Å². The molecule has 0 fully saturated rings. The maximum Gasteiger partial charge on any atom is 0.324 e. The Morgan fingerprint density at radius 2 is 2.25 bits per heavy atom. The Morgan fingerprint density at radius 1 is 1.50 bits per heavy atom. The molecule has 0 aliphatic rings. The van der Waals surface area contributed by atoms with Crippen molar-refractivity contribution in [3.63, 3.8) is 0 Å². The molecule has 2 amide bonds. The maximum atomic E-state index is 11.4. The first-order valence-electron chi connectivity index (χ1n) is 4.47. The largest absolute Gasteiger partial charge is 0.481 e. The van der Waals surface area contributed by atoms with E-state index in [0.717, 1.165) is 0 Å². The lowest BCUT2D eigenvalue weighted by Gasteiger charge is -2.15. The van der Waals surface area contributed by atoms with Gasteiger partial charge in [0.1, 0.15) is 0 Å². The van der Waals surface area contributed by atoms with Gasteiger partial charge in [-0.1, -0.05) is 0 Å². The van der Waals surface area contributed by atoms with Crippen LogP contribution in [-0.4, -0.2) is 50.8 Å². The summed E-state index contributed by atoms with van der Waals surface area (Å²) in [5, 5.41) is 17.9.